The molecular formula is C9H11ClN2. The predicted molar refractivity (Wildman–Crippen MR) is 49.2 cm³/mol. The van der Waals surface area contributed by atoms with Gasteiger partial charge in [-0.2, -0.15) is 0 Å². The highest BCUT2D eigenvalue weighted by atomic mass is 35.5. The average molecular weight is 183 g/mol. The van der Waals surface area contributed by atoms with E-state index < -0.39 is 0 Å². The van der Waals surface area contributed by atoms with E-state index in [0.717, 1.165) is 6.54 Å². The van der Waals surface area contributed by atoms with Gasteiger partial charge in [-0.15, -0.1) is 0 Å². The SMILES string of the molecule is Clc1ccc(C2CCCN2)cn1. The topological polar surface area (TPSA) is 24.9 Å². The molecule has 0 bridgehead atoms. The third kappa shape index (κ3) is 1.59. The number of nitrogens with zero attached hydrogens (tertiary/aromatic N) is 1. The molecule has 1 saturated heterocycles. The lowest BCUT2D eigenvalue weighted by atomic mass is 10.1. The second kappa shape index (κ2) is 3.42. The van der Waals surface area contributed by atoms with Crippen LogP contribution in [0.2, 0.25) is 5.15 Å². The summed E-state index contributed by atoms with van der Waals surface area (Å²) in [5.41, 5.74) is 1.25. The zero-order valence-corrected chi connectivity index (χ0v) is 7.51. The standard InChI is InChI=1S/C9H11ClN2/c10-9-4-3-7(6-12-9)8-2-1-5-11-8/h3-4,6,8,11H,1-2,5H2. The zero-order chi connectivity index (χ0) is 8.39. The Morgan fingerprint density at radius 2 is 2.42 bits per heavy atom. The molecule has 64 valence electrons. The summed E-state index contributed by atoms with van der Waals surface area (Å²) in [6.45, 7) is 1.12. The Hall–Kier alpha value is -0.600. The van der Waals surface area contributed by atoms with Crippen LogP contribution in [0.5, 0.6) is 0 Å². The monoisotopic (exact) mass is 182 g/mol. The Labute approximate surface area is 77.0 Å². The van der Waals surface area contributed by atoms with Gasteiger partial charge in [0.15, 0.2) is 0 Å². The maximum absolute atomic E-state index is 5.69. The molecule has 0 aromatic carbocycles. The number of pyridine rings is 1. The minimum absolute atomic E-state index is 0.495. The van der Waals surface area contributed by atoms with Crippen LogP contribution in [0.15, 0.2) is 18.3 Å². The van der Waals surface area contributed by atoms with Crippen molar-refractivity contribution in [3.8, 4) is 0 Å². The van der Waals surface area contributed by atoms with Crippen LogP contribution in [-0.4, -0.2) is 11.5 Å². The van der Waals surface area contributed by atoms with Crippen LogP contribution >= 0.6 is 11.6 Å². The first-order valence-electron chi connectivity index (χ1n) is 4.21. The summed E-state index contributed by atoms with van der Waals surface area (Å²) in [7, 11) is 0. The van der Waals surface area contributed by atoms with Gasteiger partial charge in [-0.25, -0.2) is 4.98 Å². The third-order valence-corrected chi connectivity index (χ3v) is 2.44. The van der Waals surface area contributed by atoms with E-state index in [1.807, 2.05) is 18.3 Å². The molecule has 0 saturated carbocycles. The summed E-state index contributed by atoms with van der Waals surface area (Å²) in [5.74, 6) is 0. The quantitative estimate of drug-likeness (QED) is 0.674. The van der Waals surface area contributed by atoms with Crippen molar-refractivity contribution >= 4 is 11.6 Å². The number of nitrogens with one attached hydrogen (secondary N) is 1. The number of hydrogen-bond donors (Lipinski definition) is 1. The molecule has 1 N–H and O–H groups in total. The lowest BCUT2D eigenvalue weighted by Crippen LogP contribution is -2.12. The van der Waals surface area contributed by atoms with E-state index in [2.05, 4.69) is 10.3 Å². The first-order valence-corrected chi connectivity index (χ1v) is 4.59. The molecule has 1 unspecified atom stereocenters. The van der Waals surface area contributed by atoms with Crippen molar-refractivity contribution in [2.45, 2.75) is 18.9 Å². The van der Waals surface area contributed by atoms with Crippen LogP contribution < -0.4 is 5.32 Å². The van der Waals surface area contributed by atoms with E-state index in [4.69, 9.17) is 11.6 Å². The fourth-order valence-corrected chi connectivity index (χ4v) is 1.67. The van der Waals surface area contributed by atoms with Crippen LogP contribution in [0.4, 0.5) is 0 Å². The zero-order valence-electron chi connectivity index (χ0n) is 6.76. The molecule has 1 aliphatic rings. The molecule has 1 atom stereocenters. The largest absolute Gasteiger partial charge is 0.310 e. The molecule has 0 amide bonds. The highest BCUT2D eigenvalue weighted by Gasteiger charge is 2.15. The van der Waals surface area contributed by atoms with Gasteiger partial charge in [0.1, 0.15) is 5.15 Å². The van der Waals surface area contributed by atoms with Gasteiger partial charge >= 0.3 is 0 Å². The number of aromatic nitrogens is 1. The molecule has 12 heavy (non-hydrogen) atoms. The van der Waals surface area contributed by atoms with E-state index in [9.17, 15) is 0 Å². The smallest absolute Gasteiger partial charge is 0.129 e. The molecule has 1 aliphatic heterocycles. The molecule has 1 aromatic rings. The third-order valence-electron chi connectivity index (χ3n) is 2.21. The fourth-order valence-electron chi connectivity index (χ4n) is 1.56. The van der Waals surface area contributed by atoms with Crippen molar-refractivity contribution < 1.29 is 0 Å². The Kier molecular flexibility index (Phi) is 2.28. The molecule has 0 spiro atoms. The Morgan fingerprint density at radius 3 is 3.00 bits per heavy atom. The first kappa shape index (κ1) is 8.02. The normalized spacial score (nSPS) is 22.9. The Morgan fingerprint density at radius 1 is 1.50 bits per heavy atom. The minimum atomic E-state index is 0.495. The van der Waals surface area contributed by atoms with Gasteiger partial charge in [-0.1, -0.05) is 17.7 Å². The van der Waals surface area contributed by atoms with Crippen molar-refractivity contribution in [2.24, 2.45) is 0 Å². The van der Waals surface area contributed by atoms with Gasteiger partial charge in [-0.3, -0.25) is 0 Å². The van der Waals surface area contributed by atoms with E-state index >= 15 is 0 Å². The molecule has 0 radical (unpaired) electrons. The second-order valence-electron chi connectivity index (χ2n) is 3.06. The minimum Gasteiger partial charge on any atom is -0.310 e. The fraction of sp³-hybridized carbons (Fsp3) is 0.444. The number of hydrogen-bond acceptors (Lipinski definition) is 2. The van der Waals surface area contributed by atoms with Gasteiger partial charge in [0, 0.05) is 12.2 Å². The van der Waals surface area contributed by atoms with E-state index in [0.29, 0.717) is 11.2 Å². The van der Waals surface area contributed by atoms with Gasteiger partial charge in [0.05, 0.1) is 0 Å². The van der Waals surface area contributed by atoms with Crippen molar-refractivity contribution in [3.63, 3.8) is 0 Å². The van der Waals surface area contributed by atoms with Crippen molar-refractivity contribution in [1.29, 1.82) is 0 Å². The summed E-state index contributed by atoms with van der Waals surface area (Å²) in [5, 5.41) is 3.98. The predicted octanol–water partition coefficient (Wildman–Crippen LogP) is 2.16. The molecule has 0 aliphatic carbocycles. The van der Waals surface area contributed by atoms with Crippen molar-refractivity contribution in [1.82, 2.24) is 10.3 Å². The molecule has 2 rings (SSSR count). The van der Waals surface area contributed by atoms with E-state index in [1.165, 1.54) is 18.4 Å². The number of rotatable bonds is 1. The number of halogens is 1. The van der Waals surface area contributed by atoms with Crippen molar-refractivity contribution in [3.05, 3.63) is 29.0 Å². The summed E-state index contributed by atoms with van der Waals surface area (Å²) < 4.78 is 0. The van der Waals surface area contributed by atoms with Crippen LogP contribution in [0, 0.1) is 0 Å². The molecular weight excluding hydrogens is 172 g/mol. The molecule has 1 aromatic heterocycles. The molecule has 2 nitrogen and oxygen atoms in total. The summed E-state index contributed by atoms with van der Waals surface area (Å²) >= 11 is 5.69. The van der Waals surface area contributed by atoms with Crippen LogP contribution in [-0.2, 0) is 0 Å². The average Bonchev–Trinajstić information content (AvgIpc) is 2.58. The van der Waals surface area contributed by atoms with Crippen LogP contribution in [0.25, 0.3) is 0 Å². The Bertz CT molecular complexity index is 252. The van der Waals surface area contributed by atoms with Crippen LogP contribution in [0.3, 0.4) is 0 Å². The van der Waals surface area contributed by atoms with Gasteiger partial charge in [-0.05, 0) is 31.0 Å². The maximum Gasteiger partial charge on any atom is 0.129 e. The molecule has 1 fully saturated rings. The summed E-state index contributed by atoms with van der Waals surface area (Å²) in [4.78, 5) is 4.05. The highest BCUT2D eigenvalue weighted by Crippen LogP contribution is 2.22. The van der Waals surface area contributed by atoms with E-state index in [-0.39, 0.29) is 0 Å². The second-order valence-corrected chi connectivity index (χ2v) is 3.45. The first-order chi connectivity index (χ1) is 5.86. The summed E-state index contributed by atoms with van der Waals surface area (Å²) in [6, 6.07) is 4.38. The lowest BCUT2D eigenvalue weighted by Gasteiger charge is -2.08. The Balaban J connectivity index is 2.17. The maximum atomic E-state index is 5.69. The van der Waals surface area contributed by atoms with Crippen LogP contribution in [0.1, 0.15) is 24.4 Å². The molecule has 3 heteroatoms. The summed E-state index contributed by atoms with van der Waals surface area (Å²) in [6.07, 6.45) is 4.32. The molecule has 2 heterocycles. The van der Waals surface area contributed by atoms with Gasteiger partial charge in [0.2, 0.25) is 0 Å². The van der Waals surface area contributed by atoms with Gasteiger partial charge in [0.25, 0.3) is 0 Å². The van der Waals surface area contributed by atoms with E-state index in [1.54, 1.807) is 0 Å². The van der Waals surface area contributed by atoms with Gasteiger partial charge < -0.3 is 5.32 Å². The highest BCUT2D eigenvalue weighted by molar-refractivity contribution is 6.29. The lowest BCUT2D eigenvalue weighted by molar-refractivity contribution is 0.645. The van der Waals surface area contributed by atoms with Crippen molar-refractivity contribution in [2.75, 3.05) is 6.54 Å².